The fraction of sp³-hybridized carbons (Fsp3) is 0.467. The van der Waals surface area contributed by atoms with E-state index in [1.807, 2.05) is 0 Å². The molecule has 2 heterocycles. The molecule has 128 valence electrons. The monoisotopic (exact) mass is 355 g/mol. The molecule has 0 N–H and O–H groups in total. The fourth-order valence-electron chi connectivity index (χ4n) is 2.98. The highest BCUT2D eigenvalue weighted by Gasteiger charge is 2.41. The van der Waals surface area contributed by atoms with Gasteiger partial charge in [0.25, 0.3) is 0 Å². The van der Waals surface area contributed by atoms with Crippen molar-refractivity contribution in [2.75, 3.05) is 6.54 Å². The Hall–Kier alpha value is -1.87. The van der Waals surface area contributed by atoms with Crippen molar-refractivity contribution in [3.63, 3.8) is 0 Å². The summed E-state index contributed by atoms with van der Waals surface area (Å²) in [6.07, 6.45) is 3.14. The third-order valence-corrected chi connectivity index (χ3v) is 6.31. The van der Waals surface area contributed by atoms with Crippen molar-refractivity contribution in [2.24, 2.45) is 0 Å². The number of aromatic nitrogens is 2. The van der Waals surface area contributed by atoms with Gasteiger partial charge in [-0.3, -0.25) is 0 Å². The second-order valence-corrected chi connectivity index (χ2v) is 7.97. The predicted octanol–water partition coefficient (Wildman–Crippen LogP) is 2.75. The molecule has 1 aliphatic heterocycles. The summed E-state index contributed by atoms with van der Waals surface area (Å²) in [6.45, 7) is 0.227. The van der Waals surface area contributed by atoms with Crippen LogP contribution in [0.3, 0.4) is 0 Å². The molecule has 2 fully saturated rings. The minimum absolute atomic E-state index is 0.227. The largest absolute Gasteiger partial charge is 0.338 e. The Labute approximate surface area is 137 Å². The highest BCUT2D eigenvalue weighted by atomic mass is 32.2. The minimum atomic E-state index is -4.11. The molecule has 6 nitrogen and oxygen atoms in total. The van der Waals surface area contributed by atoms with Gasteiger partial charge in [0.2, 0.25) is 15.9 Å². The van der Waals surface area contributed by atoms with E-state index in [1.165, 1.54) is 0 Å². The Morgan fingerprint density at radius 3 is 2.71 bits per heavy atom. The van der Waals surface area contributed by atoms with Crippen molar-refractivity contribution in [3.05, 3.63) is 41.5 Å². The average Bonchev–Trinajstić information content (AvgIpc) is 3.07. The molecule has 0 bridgehead atoms. The van der Waals surface area contributed by atoms with Crippen molar-refractivity contribution < 1.29 is 21.7 Å². The van der Waals surface area contributed by atoms with E-state index >= 15 is 0 Å². The van der Waals surface area contributed by atoms with Gasteiger partial charge >= 0.3 is 0 Å². The molecule has 0 radical (unpaired) electrons. The van der Waals surface area contributed by atoms with Crippen LogP contribution in [0.25, 0.3) is 0 Å². The molecule has 1 aromatic heterocycles. The third-order valence-electron chi connectivity index (χ3n) is 4.37. The van der Waals surface area contributed by atoms with Gasteiger partial charge in [-0.25, -0.2) is 17.2 Å². The third kappa shape index (κ3) is 2.61. The van der Waals surface area contributed by atoms with Crippen LogP contribution in [-0.2, 0) is 10.0 Å². The highest BCUT2D eigenvalue weighted by molar-refractivity contribution is 7.89. The smallest absolute Gasteiger partial charge is 0.246 e. The van der Waals surface area contributed by atoms with Gasteiger partial charge in [-0.15, -0.1) is 0 Å². The van der Waals surface area contributed by atoms with E-state index in [2.05, 4.69) is 10.1 Å². The van der Waals surface area contributed by atoms with Gasteiger partial charge in [0.15, 0.2) is 5.82 Å². The maximum absolute atomic E-state index is 14.0. The van der Waals surface area contributed by atoms with Gasteiger partial charge in [-0.05, 0) is 37.8 Å². The summed E-state index contributed by atoms with van der Waals surface area (Å²) in [5.41, 5.74) is 0. The van der Waals surface area contributed by atoms with Crippen molar-refractivity contribution in [3.8, 4) is 0 Å². The lowest BCUT2D eigenvalue weighted by molar-refractivity contribution is 0.288. The molecule has 2 aromatic rings. The van der Waals surface area contributed by atoms with E-state index in [1.54, 1.807) is 0 Å². The standard InChI is InChI=1S/C15H15F2N3O3S/c16-10-5-6-13(11(17)8-10)24(21,22)20-7-1-2-12(20)15-18-14(19-23-15)9-3-4-9/h5-6,8-9,12H,1-4,7H2. The van der Waals surface area contributed by atoms with Crippen LogP contribution in [0.5, 0.6) is 0 Å². The fourth-order valence-corrected chi connectivity index (χ4v) is 4.67. The summed E-state index contributed by atoms with van der Waals surface area (Å²) < 4.78 is 59.0. The van der Waals surface area contributed by atoms with Crippen LogP contribution in [0, 0.1) is 11.6 Å². The van der Waals surface area contributed by atoms with Crippen LogP contribution in [0.15, 0.2) is 27.6 Å². The van der Waals surface area contributed by atoms with Crippen LogP contribution in [0.1, 0.15) is 49.4 Å². The number of halogens is 2. The van der Waals surface area contributed by atoms with Crippen LogP contribution in [0.4, 0.5) is 8.78 Å². The first kappa shape index (κ1) is 15.6. The zero-order valence-electron chi connectivity index (χ0n) is 12.7. The lowest BCUT2D eigenvalue weighted by atomic mass is 10.2. The van der Waals surface area contributed by atoms with Gasteiger partial charge in [-0.2, -0.15) is 9.29 Å². The Morgan fingerprint density at radius 2 is 2.00 bits per heavy atom. The number of benzene rings is 1. The SMILES string of the molecule is O=S(=O)(c1ccc(F)cc1F)N1CCCC1c1nc(C2CC2)no1. The molecule has 24 heavy (non-hydrogen) atoms. The quantitative estimate of drug-likeness (QED) is 0.843. The molecule has 0 amide bonds. The first-order valence-corrected chi connectivity index (χ1v) is 9.21. The summed E-state index contributed by atoms with van der Waals surface area (Å²) in [7, 11) is -4.11. The Morgan fingerprint density at radius 1 is 1.21 bits per heavy atom. The van der Waals surface area contributed by atoms with E-state index in [9.17, 15) is 17.2 Å². The van der Waals surface area contributed by atoms with E-state index in [-0.39, 0.29) is 12.4 Å². The molecular weight excluding hydrogens is 340 g/mol. The number of nitrogens with zero attached hydrogens (tertiary/aromatic N) is 3. The lowest BCUT2D eigenvalue weighted by Crippen LogP contribution is -2.31. The van der Waals surface area contributed by atoms with Crippen LogP contribution >= 0.6 is 0 Å². The second kappa shape index (κ2) is 5.59. The maximum atomic E-state index is 14.0. The summed E-state index contributed by atoms with van der Waals surface area (Å²) in [5.74, 6) is -0.800. The van der Waals surface area contributed by atoms with Gasteiger partial charge in [0.05, 0.1) is 0 Å². The summed E-state index contributed by atoms with van der Waals surface area (Å²) >= 11 is 0. The number of sulfonamides is 1. The summed E-state index contributed by atoms with van der Waals surface area (Å²) in [4.78, 5) is 3.77. The predicted molar refractivity (Wildman–Crippen MR) is 78.5 cm³/mol. The van der Waals surface area contributed by atoms with Crippen molar-refractivity contribution in [2.45, 2.75) is 42.5 Å². The van der Waals surface area contributed by atoms with E-state index in [4.69, 9.17) is 4.52 Å². The molecule has 4 rings (SSSR count). The highest BCUT2D eigenvalue weighted by Crippen LogP contribution is 2.41. The Balaban J connectivity index is 1.67. The zero-order valence-corrected chi connectivity index (χ0v) is 13.5. The van der Waals surface area contributed by atoms with Crippen LogP contribution in [-0.4, -0.2) is 29.4 Å². The molecule has 1 aliphatic carbocycles. The lowest BCUT2D eigenvalue weighted by Gasteiger charge is -2.21. The second-order valence-electron chi connectivity index (χ2n) is 6.11. The minimum Gasteiger partial charge on any atom is -0.338 e. The van der Waals surface area contributed by atoms with Crippen molar-refractivity contribution in [1.29, 1.82) is 0 Å². The first-order chi connectivity index (χ1) is 11.5. The average molecular weight is 355 g/mol. The zero-order chi connectivity index (χ0) is 16.9. The molecule has 1 unspecified atom stereocenters. The number of hydrogen-bond acceptors (Lipinski definition) is 5. The van der Waals surface area contributed by atoms with Gasteiger partial charge in [-0.1, -0.05) is 5.16 Å². The summed E-state index contributed by atoms with van der Waals surface area (Å²) in [6, 6.07) is 1.83. The molecular formula is C15H15F2N3O3S. The Bertz CT molecular complexity index is 880. The number of rotatable bonds is 4. The van der Waals surface area contributed by atoms with Crippen LogP contribution < -0.4 is 0 Å². The van der Waals surface area contributed by atoms with Gasteiger partial charge < -0.3 is 4.52 Å². The van der Waals surface area contributed by atoms with Gasteiger partial charge in [0.1, 0.15) is 22.6 Å². The number of hydrogen-bond donors (Lipinski definition) is 0. The molecule has 1 aromatic carbocycles. The molecule has 0 spiro atoms. The first-order valence-electron chi connectivity index (χ1n) is 7.77. The molecule has 1 saturated carbocycles. The van der Waals surface area contributed by atoms with Gasteiger partial charge in [0, 0.05) is 18.5 Å². The maximum Gasteiger partial charge on any atom is 0.246 e. The molecule has 1 atom stereocenters. The molecule has 1 saturated heterocycles. The molecule has 9 heteroatoms. The van der Waals surface area contributed by atoms with Crippen molar-refractivity contribution >= 4 is 10.0 Å². The van der Waals surface area contributed by atoms with E-state index in [0.29, 0.717) is 30.7 Å². The topological polar surface area (TPSA) is 76.3 Å². The molecule has 2 aliphatic rings. The van der Waals surface area contributed by atoms with Crippen LogP contribution in [0.2, 0.25) is 0 Å². The normalized spacial score (nSPS) is 22.2. The van der Waals surface area contributed by atoms with E-state index < -0.39 is 32.6 Å². The Kier molecular flexibility index (Phi) is 3.65. The van der Waals surface area contributed by atoms with E-state index in [0.717, 1.165) is 29.3 Å². The van der Waals surface area contributed by atoms with Crippen molar-refractivity contribution in [1.82, 2.24) is 14.4 Å². The summed E-state index contributed by atoms with van der Waals surface area (Å²) in [5, 5.41) is 3.91.